The van der Waals surface area contributed by atoms with E-state index in [1.54, 1.807) is 0 Å². The fourth-order valence-corrected chi connectivity index (χ4v) is 8.97. The molecular formula is C41H25N3S. The summed E-state index contributed by atoms with van der Waals surface area (Å²) in [5, 5.41) is 24.2. The number of benzene rings is 6. The van der Waals surface area contributed by atoms with Crippen LogP contribution in [0.4, 0.5) is 0 Å². The van der Waals surface area contributed by atoms with Gasteiger partial charge in [0.15, 0.2) is 0 Å². The molecule has 0 fully saturated rings. The molecule has 0 bridgehead atoms. The zero-order valence-corrected chi connectivity index (χ0v) is 25.5. The van der Waals surface area contributed by atoms with Gasteiger partial charge in [-0.1, -0.05) is 80.6 Å². The number of para-hydroxylation sites is 1. The lowest BCUT2D eigenvalue weighted by atomic mass is 9.82. The molecule has 4 heteroatoms. The maximum Gasteiger partial charge on any atom is 0.0992 e. The second kappa shape index (κ2) is 9.16. The topological polar surface area (TPSA) is 52.5 Å². The van der Waals surface area contributed by atoms with Crippen LogP contribution in [-0.2, 0) is 5.41 Å². The number of rotatable bonds is 2. The number of thiophene rings is 1. The molecule has 45 heavy (non-hydrogen) atoms. The first-order chi connectivity index (χ1) is 22.0. The first-order valence-corrected chi connectivity index (χ1v) is 15.9. The van der Waals surface area contributed by atoms with Crippen LogP contribution in [0.15, 0.2) is 115 Å². The van der Waals surface area contributed by atoms with E-state index in [-0.39, 0.29) is 5.41 Å². The number of fused-ring (bicyclic) bond motifs is 10. The predicted octanol–water partition coefficient (Wildman–Crippen LogP) is 10.9. The van der Waals surface area contributed by atoms with Crippen LogP contribution in [0, 0.1) is 22.7 Å². The lowest BCUT2D eigenvalue weighted by Gasteiger charge is -2.22. The van der Waals surface area contributed by atoms with Crippen LogP contribution in [0.25, 0.3) is 69.9 Å². The van der Waals surface area contributed by atoms with Gasteiger partial charge in [0, 0.05) is 41.9 Å². The first kappa shape index (κ1) is 25.8. The Bertz CT molecular complexity index is 2650. The van der Waals surface area contributed by atoms with Crippen LogP contribution in [0.3, 0.4) is 0 Å². The predicted molar refractivity (Wildman–Crippen MR) is 186 cm³/mol. The number of hydrogen-bond acceptors (Lipinski definition) is 3. The van der Waals surface area contributed by atoms with Gasteiger partial charge in [0.2, 0.25) is 0 Å². The Balaban J connectivity index is 1.30. The standard InChI is InChI=1S/C41H25N3S/c1-41(2)34-9-5-3-7-28(34)30-15-16-31-33-21-26(13-18-38(33)45-40(31)39(30)41)27-14-11-25(23-43)20-37(27)44-35-10-6-4-8-29(35)32-19-24(22-42)12-17-36(32)44/h3-21H,1-2H3. The summed E-state index contributed by atoms with van der Waals surface area (Å²) < 4.78 is 4.87. The third-order valence-electron chi connectivity index (χ3n) is 9.64. The Kier molecular flexibility index (Phi) is 5.25. The summed E-state index contributed by atoms with van der Waals surface area (Å²) in [7, 11) is 0. The third-order valence-corrected chi connectivity index (χ3v) is 10.8. The molecule has 6 aromatic carbocycles. The SMILES string of the molecule is CC1(C)c2ccccc2-c2ccc3c(sc4ccc(-c5ccc(C#N)cc5-n5c6ccccc6c6cc(C#N)ccc65)cc43)c21. The second-order valence-corrected chi connectivity index (χ2v) is 13.4. The lowest BCUT2D eigenvalue weighted by Crippen LogP contribution is -2.14. The van der Waals surface area contributed by atoms with Gasteiger partial charge < -0.3 is 4.57 Å². The quantitative estimate of drug-likeness (QED) is 0.201. The van der Waals surface area contributed by atoms with Gasteiger partial charge in [-0.05, 0) is 76.3 Å². The molecule has 0 saturated carbocycles. The van der Waals surface area contributed by atoms with Gasteiger partial charge >= 0.3 is 0 Å². The second-order valence-electron chi connectivity index (χ2n) is 12.4. The summed E-state index contributed by atoms with van der Waals surface area (Å²) in [6, 6.07) is 45.0. The number of hydrogen-bond donors (Lipinski definition) is 0. The first-order valence-electron chi connectivity index (χ1n) is 15.1. The van der Waals surface area contributed by atoms with Crippen molar-refractivity contribution in [2.45, 2.75) is 19.3 Å². The van der Waals surface area contributed by atoms with Crippen LogP contribution in [0.1, 0.15) is 36.1 Å². The molecule has 8 aromatic rings. The largest absolute Gasteiger partial charge is 0.309 e. The molecule has 3 nitrogen and oxygen atoms in total. The maximum atomic E-state index is 9.94. The fraction of sp³-hybridized carbons (Fsp3) is 0.0732. The molecule has 1 aliphatic rings. The molecule has 0 radical (unpaired) electrons. The zero-order chi connectivity index (χ0) is 30.4. The van der Waals surface area contributed by atoms with E-state index in [2.05, 4.69) is 103 Å². The Morgan fingerprint density at radius 3 is 2.20 bits per heavy atom. The summed E-state index contributed by atoms with van der Waals surface area (Å²) in [6.45, 7) is 4.70. The number of nitriles is 2. The van der Waals surface area contributed by atoms with Gasteiger partial charge in [-0.25, -0.2) is 0 Å². The van der Waals surface area contributed by atoms with Crippen LogP contribution in [0.5, 0.6) is 0 Å². The summed E-state index contributed by atoms with van der Waals surface area (Å²) in [6.07, 6.45) is 0. The minimum Gasteiger partial charge on any atom is -0.309 e. The highest BCUT2D eigenvalue weighted by Gasteiger charge is 2.37. The van der Waals surface area contributed by atoms with Crippen molar-refractivity contribution < 1.29 is 0 Å². The number of aromatic nitrogens is 1. The van der Waals surface area contributed by atoms with Crippen molar-refractivity contribution >= 4 is 53.3 Å². The highest BCUT2D eigenvalue weighted by molar-refractivity contribution is 7.26. The molecule has 210 valence electrons. The molecule has 1 aliphatic carbocycles. The fourth-order valence-electron chi connectivity index (χ4n) is 7.58. The highest BCUT2D eigenvalue weighted by Crippen LogP contribution is 2.54. The highest BCUT2D eigenvalue weighted by atomic mass is 32.1. The minimum absolute atomic E-state index is 0.0720. The van der Waals surface area contributed by atoms with Crippen molar-refractivity contribution in [1.29, 1.82) is 10.5 Å². The Morgan fingerprint density at radius 1 is 0.600 bits per heavy atom. The van der Waals surface area contributed by atoms with E-state index in [4.69, 9.17) is 0 Å². The normalized spacial score (nSPS) is 13.2. The van der Waals surface area contributed by atoms with E-state index >= 15 is 0 Å². The Hall–Kier alpha value is -5.68. The minimum atomic E-state index is -0.0720. The summed E-state index contributed by atoms with van der Waals surface area (Å²) >= 11 is 1.88. The summed E-state index contributed by atoms with van der Waals surface area (Å²) in [4.78, 5) is 0. The van der Waals surface area contributed by atoms with Crippen molar-refractivity contribution in [3.8, 4) is 40.1 Å². The van der Waals surface area contributed by atoms with E-state index in [0.717, 1.165) is 38.6 Å². The van der Waals surface area contributed by atoms with Crippen molar-refractivity contribution in [3.05, 3.63) is 138 Å². The van der Waals surface area contributed by atoms with Crippen LogP contribution in [0.2, 0.25) is 0 Å². The van der Waals surface area contributed by atoms with Gasteiger partial charge in [0.25, 0.3) is 0 Å². The Morgan fingerprint density at radius 2 is 1.33 bits per heavy atom. The molecule has 2 aromatic heterocycles. The molecule has 0 N–H and O–H groups in total. The molecule has 9 rings (SSSR count). The van der Waals surface area contributed by atoms with Crippen molar-refractivity contribution in [2.75, 3.05) is 0 Å². The molecule has 0 aliphatic heterocycles. The molecule has 0 spiro atoms. The molecule has 0 unspecified atom stereocenters. The smallest absolute Gasteiger partial charge is 0.0992 e. The average Bonchev–Trinajstić information content (AvgIpc) is 3.69. The lowest BCUT2D eigenvalue weighted by molar-refractivity contribution is 0.667. The third kappa shape index (κ3) is 3.49. The van der Waals surface area contributed by atoms with Crippen molar-refractivity contribution in [2.24, 2.45) is 0 Å². The van der Waals surface area contributed by atoms with Crippen LogP contribution in [-0.4, -0.2) is 4.57 Å². The Labute approximate surface area is 264 Å². The monoisotopic (exact) mass is 591 g/mol. The van der Waals surface area contributed by atoms with Crippen molar-refractivity contribution in [1.82, 2.24) is 4.57 Å². The van der Waals surface area contributed by atoms with E-state index in [0.29, 0.717) is 11.1 Å². The molecule has 0 saturated heterocycles. The zero-order valence-electron chi connectivity index (χ0n) is 24.7. The van der Waals surface area contributed by atoms with Crippen LogP contribution >= 0.6 is 11.3 Å². The van der Waals surface area contributed by atoms with Gasteiger partial charge in [-0.15, -0.1) is 11.3 Å². The molecular weight excluding hydrogens is 567 g/mol. The van der Waals surface area contributed by atoms with Crippen LogP contribution < -0.4 is 0 Å². The van der Waals surface area contributed by atoms with E-state index in [1.807, 2.05) is 53.8 Å². The van der Waals surface area contributed by atoms with Gasteiger partial charge in [-0.3, -0.25) is 0 Å². The average molecular weight is 592 g/mol. The van der Waals surface area contributed by atoms with Gasteiger partial charge in [-0.2, -0.15) is 10.5 Å². The summed E-state index contributed by atoms with van der Waals surface area (Å²) in [5.74, 6) is 0. The van der Waals surface area contributed by atoms with E-state index in [9.17, 15) is 10.5 Å². The molecule has 2 heterocycles. The van der Waals surface area contributed by atoms with Gasteiger partial charge in [0.05, 0.1) is 40.0 Å². The maximum absolute atomic E-state index is 9.94. The van der Waals surface area contributed by atoms with E-state index < -0.39 is 0 Å². The number of nitrogens with zero attached hydrogens (tertiary/aromatic N) is 3. The van der Waals surface area contributed by atoms with Crippen molar-refractivity contribution in [3.63, 3.8) is 0 Å². The molecule has 0 atom stereocenters. The van der Waals surface area contributed by atoms with Gasteiger partial charge in [0.1, 0.15) is 0 Å². The summed E-state index contributed by atoms with van der Waals surface area (Å²) in [5.41, 5.74) is 11.8. The molecule has 0 amide bonds. The van der Waals surface area contributed by atoms with E-state index in [1.165, 1.54) is 42.4 Å².